The Morgan fingerprint density at radius 3 is 2.95 bits per heavy atom. The molecule has 20 heavy (non-hydrogen) atoms. The van der Waals surface area contributed by atoms with Crippen LogP contribution in [0, 0.1) is 10.1 Å². The van der Waals surface area contributed by atoms with Gasteiger partial charge in [0, 0.05) is 30.8 Å². The van der Waals surface area contributed by atoms with Crippen LogP contribution in [0.25, 0.3) is 0 Å². The molecule has 110 valence electrons. The summed E-state index contributed by atoms with van der Waals surface area (Å²) in [4.78, 5) is 12.9. The minimum atomic E-state index is -0.328. The Morgan fingerprint density at radius 2 is 2.35 bits per heavy atom. The molecule has 1 aliphatic rings. The lowest BCUT2D eigenvalue weighted by Gasteiger charge is -2.30. The van der Waals surface area contributed by atoms with Gasteiger partial charge >= 0.3 is 0 Å². The van der Waals surface area contributed by atoms with Gasteiger partial charge in [-0.2, -0.15) is 0 Å². The van der Waals surface area contributed by atoms with Crippen LogP contribution in [-0.2, 0) is 0 Å². The molecule has 5 nitrogen and oxygen atoms in total. The number of benzene rings is 1. The Labute approximate surface area is 120 Å². The number of hydrogen-bond acceptors (Lipinski definition) is 4. The number of hydrogen-bond donors (Lipinski definition) is 1. The summed E-state index contributed by atoms with van der Waals surface area (Å²) in [6.45, 7) is 7.32. The summed E-state index contributed by atoms with van der Waals surface area (Å²) < 4.78 is 0. The molecule has 1 aromatic rings. The Bertz CT molecular complexity index is 458. The molecule has 0 aliphatic carbocycles. The van der Waals surface area contributed by atoms with Gasteiger partial charge < -0.3 is 5.32 Å². The average Bonchev–Trinajstić information content (AvgIpc) is 2.97. The molecule has 0 bridgehead atoms. The SMILES string of the molecule is CCN(CC1CCCN1)C(C)c1cccc([N+](=O)[O-])c1. The van der Waals surface area contributed by atoms with Crippen molar-refractivity contribution in [2.75, 3.05) is 19.6 Å². The van der Waals surface area contributed by atoms with Crippen molar-refractivity contribution in [3.63, 3.8) is 0 Å². The van der Waals surface area contributed by atoms with E-state index >= 15 is 0 Å². The van der Waals surface area contributed by atoms with Gasteiger partial charge in [0.15, 0.2) is 0 Å². The molecule has 1 aromatic carbocycles. The lowest BCUT2D eigenvalue weighted by atomic mass is 10.0. The Hall–Kier alpha value is -1.46. The van der Waals surface area contributed by atoms with E-state index in [9.17, 15) is 10.1 Å². The van der Waals surface area contributed by atoms with Crippen LogP contribution in [0.5, 0.6) is 0 Å². The van der Waals surface area contributed by atoms with Gasteiger partial charge in [-0.25, -0.2) is 0 Å². The van der Waals surface area contributed by atoms with Crippen molar-refractivity contribution in [1.82, 2.24) is 10.2 Å². The third kappa shape index (κ3) is 3.55. The summed E-state index contributed by atoms with van der Waals surface area (Å²) in [7, 11) is 0. The molecular formula is C15H23N3O2. The van der Waals surface area contributed by atoms with Gasteiger partial charge in [0.05, 0.1) is 4.92 Å². The van der Waals surface area contributed by atoms with E-state index in [-0.39, 0.29) is 16.7 Å². The number of nitro benzene ring substituents is 1. The fourth-order valence-electron chi connectivity index (χ4n) is 2.87. The largest absolute Gasteiger partial charge is 0.313 e. The van der Waals surface area contributed by atoms with Crippen molar-refractivity contribution in [3.05, 3.63) is 39.9 Å². The lowest BCUT2D eigenvalue weighted by Crippen LogP contribution is -2.38. The number of rotatable bonds is 6. The smallest absolute Gasteiger partial charge is 0.269 e. The lowest BCUT2D eigenvalue weighted by molar-refractivity contribution is -0.384. The topological polar surface area (TPSA) is 58.4 Å². The van der Waals surface area contributed by atoms with E-state index in [1.165, 1.54) is 12.8 Å². The van der Waals surface area contributed by atoms with Crippen LogP contribution in [0.4, 0.5) is 5.69 Å². The van der Waals surface area contributed by atoms with Gasteiger partial charge in [-0.3, -0.25) is 15.0 Å². The first-order chi connectivity index (χ1) is 9.61. The predicted molar refractivity (Wildman–Crippen MR) is 79.8 cm³/mol. The summed E-state index contributed by atoms with van der Waals surface area (Å²) >= 11 is 0. The Balaban J connectivity index is 2.08. The molecule has 0 spiro atoms. The second-order valence-corrected chi connectivity index (χ2v) is 5.41. The fourth-order valence-corrected chi connectivity index (χ4v) is 2.87. The maximum absolute atomic E-state index is 10.9. The number of nitrogens with zero attached hydrogens (tertiary/aromatic N) is 2. The molecule has 2 unspecified atom stereocenters. The summed E-state index contributed by atoms with van der Waals surface area (Å²) in [6, 6.07) is 7.73. The molecule has 2 atom stereocenters. The van der Waals surface area contributed by atoms with Crippen molar-refractivity contribution >= 4 is 5.69 Å². The van der Waals surface area contributed by atoms with Crippen LogP contribution < -0.4 is 5.32 Å². The first-order valence-electron chi connectivity index (χ1n) is 7.33. The molecule has 1 saturated heterocycles. The van der Waals surface area contributed by atoms with E-state index in [2.05, 4.69) is 24.1 Å². The molecule has 1 fully saturated rings. The highest BCUT2D eigenvalue weighted by molar-refractivity contribution is 5.35. The third-order valence-electron chi connectivity index (χ3n) is 4.13. The van der Waals surface area contributed by atoms with Crippen molar-refractivity contribution < 1.29 is 4.92 Å². The molecule has 0 amide bonds. The van der Waals surface area contributed by atoms with E-state index in [0.717, 1.165) is 25.2 Å². The van der Waals surface area contributed by atoms with Crippen molar-refractivity contribution in [2.45, 2.75) is 38.8 Å². The summed E-state index contributed by atoms with van der Waals surface area (Å²) in [5.74, 6) is 0. The quantitative estimate of drug-likeness (QED) is 0.641. The molecule has 1 aliphatic heterocycles. The van der Waals surface area contributed by atoms with Crippen molar-refractivity contribution in [3.8, 4) is 0 Å². The normalized spacial score (nSPS) is 20.2. The van der Waals surface area contributed by atoms with E-state index in [0.29, 0.717) is 6.04 Å². The maximum Gasteiger partial charge on any atom is 0.269 e. The first kappa shape index (κ1) is 14.9. The minimum Gasteiger partial charge on any atom is -0.313 e. The molecule has 2 rings (SSSR count). The van der Waals surface area contributed by atoms with E-state index < -0.39 is 0 Å². The van der Waals surface area contributed by atoms with Gasteiger partial charge in [0.25, 0.3) is 5.69 Å². The van der Waals surface area contributed by atoms with Crippen LogP contribution in [0.1, 0.15) is 38.3 Å². The fraction of sp³-hybridized carbons (Fsp3) is 0.600. The second kappa shape index (κ2) is 6.81. The van der Waals surface area contributed by atoms with Crippen LogP contribution in [0.2, 0.25) is 0 Å². The van der Waals surface area contributed by atoms with Crippen LogP contribution in [0.15, 0.2) is 24.3 Å². The molecular weight excluding hydrogens is 254 g/mol. The Morgan fingerprint density at radius 1 is 1.55 bits per heavy atom. The second-order valence-electron chi connectivity index (χ2n) is 5.41. The highest BCUT2D eigenvalue weighted by Gasteiger charge is 2.22. The molecule has 1 heterocycles. The number of likely N-dealkylation sites (N-methyl/N-ethyl adjacent to an activating group) is 1. The van der Waals surface area contributed by atoms with Crippen LogP contribution in [-0.4, -0.2) is 35.5 Å². The zero-order chi connectivity index (χ0) is 14.5. The number of nitro groups is 1. The molecule has 0 aromatic heterocycles. The zero-order valence-electron chi connectivity index (χ0n) is 12.2. The van der Waals surface area contributed by atoms with Gasteiger partial charge in [-0.15, -0.1) is 0 Å². The molecule has 0 saturated carbocycles. The van der Waals surface area contributed by atoms with Gasteiger partial charge in [-0.1, -0.05) is 19.1 Å². The minimum absolute atomic E-state index is 0.171. The van der Waals surface area contributed by atoms with Gasteiger partial charge in [0.1, 0.15) is 0 Å². The molecule has 1 N–H and O–H groups in total. The summed E-state index contributed by atoms with van der Waals surface area (Å²) in [5, 5.41) is 14.4. The zero-order valence-corrected chi connectivity index (χ0v) is 12.2. The van der Waals surface area contributed by atoms with E-state index in [1.54, 1.807) is 18.2 Å². The Kier molecular flexibility index (Phi) is 5.09. The average molecular weight is 277 g/mol. The highest BCUT2D eigenvalue weighted by Crippen LogP contribution is 2.24. The van der Waals surface area contributed by atoms with Gasteiger partial charge in [-0.05, 0) is 38.4 Å². The monoisotopic (exact) mass is 277 g/mol. The van der Waals surface area contributed by atoms with Crippen LogP contribution in [0.3, 0.4) is 0 Å². The summed E-state index contributed by atoms with van der Waals surface area (Å²) in [6.07, 6.45) is 2.46. The number of non-ortho nitro benzene ring substituents is 1. The summed E-state index contributed by atoms with van der Waals surface area (Å²) in [5.41, 5.74) is 1.18. The number of nitrogens with one attached hydrogen (secondary N) is 1. The third-order valence-corrected chi connectivity index (χ3v) is 4.13. The first-order valence-corrected chi connectivity index (χ1v) is 7.33. The van der Waals surface area contributed by atoms with Crippen molar-refractivity contribution in [2.24, 2.45) is 0 Å². The standard InChI is InChI=1S/C15H23N3O2/c1-3-17(11-14-7-5-9-16-14)12(2)13-6-4-8-15(10-13)18(19)20/h4,6,8,10,12,14,16H,3,5,7,9,11H2,1-2H3. The van der Waals surface area contributed by atoms with Gasteiger partial charge in [0.2, 0.25) is 0 Å². The van der Waals surface area contributed by atoms with E-state index in [1.807, 2.05) is 6.07 Å². The molecule has 5 heteroatoms. The molecule has 0 radical (unpaired) electrons. The maximum atomic E-state index is 10.9. The van der Waals surface area contributed by atoms with Crippen LogP contribution >= 0.6 is 0 Å². The van der Waals surface area contributed by atoms with E-state index in [4.69, 9.17) is 0 Å². The highest BCUT2D eigenvalue weighted by atomic mass is 16.6. The predicted octanol–water partition coefficient (Wildman–Crippen LogP) is 2.73. The van der Waals surface area contributed by atoms with Crippen molar-refractivity contribution in [1.29, 1.82) is 0 Å².